The molecule has 0 radical (unpaired) electrons. The van der Waals surface area contributed by atoms with Crippen molar-refractivity contribution in [2.75, 3.05) is 38.7 Å². The second kappa shape index (κ2) is 8.81. The Balaban J connectivity index is 2.29. The van der Waals surface area contributed by atoms with Gasteiger partial charge < -0.3 is 15.0 Å². The standard InChI is InChI=1S/C15H26N2O/c1-4-16-12-8-5-9-13-17(2)14-10-6-7-11-15(14)18-3/h6-7,10-11,16H,4-5,8-9,12-13H2,1-3H3. The van der Waals surface area contributed by atoms with Gasteiger partial charge in [0.15, 0.2) is 0 Å². The molecule has 0 saturated heterocycles. The number of hydrogen-bond acceptors (Lipinski definition) is 3. The van der Waals surface area contributed by atoms with E-state index in [0.29, 0.717) is 0 Å². The van der Waals surface area contributed by atoms with Crippen LogP contribution in [0.3, 0.4) is 0 Å². The molecular formula is C15H26N2O. The summed E-state index contributed by atoms with van der Waals surface area (Å²) in [7, 11) is 3.85. The lowest BCUT2D eigenvalue weighted by Crippen LogP contribution is -2.19. The molecule has 1 aromatic carbocycles. The lowest BCUT2D eigenvalue weighted by Gasteiger charge is -2.21. The van der Waals surface area contributed by atoms with Crippen LogP contribution in [0.15, 0.2) is 24.3 Å². The maximum atomic E-state index is 5.37. The molecule has 1 N–H and O–H groups in total. The van der Waals surface area contributed by atoms with E-state index in [-0.39, 0.29) is 0 Å². The van der Waals surface area contributed by atoms with Crippen molar-refractivity contribution in [1.29, 1.82) is 0 Å². The number of ether oxygens (including phenoxy) is 1. The SMILES string of the molecule is CCNCCCCCN(C)c1ccccc1OC. The van der Waals surface area contributed by atoms with Crippen LogP contribution in [0.4, 0.5) is 5.69 Å². The van der Waals surface area contributed by atoms with Gasteiger partial charge in [0.05, 0.1) is 12.8 Å². The maximum absolute atomic E-state index is 5.37. The Morgan fingerprint density at radius 1 is 1.17 bits per heavy atom. The summed E-state index contributed by atoms with van der Waals surface area (Å²) < 4.78 is 5.37. The van der Waals surface area contributed by atoms with Crippen molar-refractivity contribution in [1.82, 2.24) is 5.32 Å². The molecular weight excluding hydrogens is 224 g/mol. The summed E-state index contributed by atoms with van der Waals surface area (Å²) in [5.74, 6) is 0.952. The number of unbranched alkanes of at least 4 members (excludes halogenated alkanes) is 2. The molecule has 1 aromatic rings. The zero-order valence-corrected chi connectivity index (χ0v) is 11.9. The van der Waals surface area contributed by atoms with Gasteiger partial charge in [-0.25, -0.2) is 0 Å². The molecule has 0 fully saturated rings. The second-order valence-electron chi connectivity index (χ2n) is 4.51. The van der Waals surface area contributed by atoms with E-state index in [0.717, 1.165) is 25.4 Å². The number of nitrogens with zero attached hydrogens (tertiary/aromatic N) is 1. The van der Waals surface area contributed by atoms with E-state index in [1.807, 2.05) is 12.1 Å². The van der Waals surface area contributed by atoms with Crippen molar-refractivity contribution >= 4 is 5.69 Å². The fraction of sp³-hybridized carbons (Fsp3) is 0.600. The molecule has 0 spiro atoms. The van der Waals surface area contributed by atoms with Gasteiger partial charge in [-0.1, -0.05) is 25.5 Å². The van der Waals surface area contributed by atoms with Gasteiger partial charge in [-0.3, -0.25) is 0 Å². The third kappa shape index (κ3) is 4.96. The molecule has 0 heterocycles. The highest BCUT2D eigenvalue weighted by molar-refractivity contribution is 5.57. The lowest BCUT2D eigenvalue weighted by atomic mass is 10.2. The summed E-state index contributed by atoms with van der Waals surface area (Å²) in [6, 6.07) is 8.18. The first-order chi connectivity index (χ1) is 8.79. The predicted octanol–water partition coefficient (Wildman–Crippen LogP) is 2.91. The van der Waals surface area contributed by atoms with Crippen LogP contribution in [0.5, 0.6) is 5.75 Å². The van der Waals surface area contributed by atoms with Gasteiger partial charge in [0.2, 0.25) is 0 Å². The molecule has 0 aromatic heterocycles. The number of hydrogen-bond donors (Lipinski definition) is 1. The van der Waals surface area contributed by atoms with Crippen LogP contribution in [0.2, 0.25) is 0 Å². The molecule has 18 heavy (non-hydrogen) atoms. The fourth-order valence-electron chi connectivity index (χ4n) is 2.02. The molecule has 3 heteroatoms. The highest BCUT2D eigenvalue weighted by atomic mass is 16.5. The molecule has 0 saturated carbocycles. The molecule has 0 aliphatic heterocycles. The van der Waals surface area contributed by atoms with Crippen LogP contribution in [0.25, 0.3) is 0 Å². The summed E-state index contributed by atoms with van der Waals surface area (Å²) in [4.78, 5) is 2.27. The number of rotatable bonds is 9. The molecule has 102 valence electrons. The number of methoxy groups -OCH3 is 1. The highest BCUT2D eigenvalue weighted by Gasteiger charge is 2.06. The Hall–Kier alpha value is -1.22. The second-order valence-corrected chi connectivity index (χ2v) is 4.51. The molecule has 0 atom stereocenters. The summed E-state index contributed by atoms with van der Waals surface area (Å²) in [5, 5.41) is 3.35. The van der Waals surface area contributed by atoms with Crippen molar-refractivity contribution in [2.24, 2.45) is 0 Å². The van der Waals surface area contributed by atoms with E-state index < -0.39 is 0 Å². The molecule has 1 rings (SSSR count). The summed E-state index contributed by atoms with van der Waals surface area (Å²) >= 11 is 0. The molecule has 0 aliphatic carbocycles. The van der Waals surface area contributed by atoms with E-state index >= 15 is 0 Å². The van der Waals surface area contributed by atoms with Crippen LogP contribution in [-0.4, -0.2) is 33.8 Å². The summed E-state index contributed by atoms with van der Waals surface area (Å²) in [5.41, 5.74) is 1.17. The summed E-state index contributed by atoms with van der Waals surface area (Å²) in [6.07, 6.45) is 3.75. The zero-order valence-electron chi connectivity index (χ0n) is 11.9. The first kappa shape index (κ1) is 14.8. The third-order valence-electron chi connectivity index (χ3n) is 3.09. The molecule has 0 amide bonds. The third-order valence-corrected chi connectivity index (χ3v) is 3.09. The molecule has 3 nitrogen and oxygen atoms in total. The van der Waals surface area contributed by atoms with Gasteiger partial charge in [-0.15, -0.1) is 0 Å². The Morgan fingerprint density at radius 3 is 2.67 bits per heavy atom. The average molecular weight is 250 g/mol. The minimum atomic E-state index is 0.952. The lowest BCUT2D eigenvalue weighted by molar-refractivity contribution is 0.414. The van der Waals surface area contributed by atoms with E-state index in [1.54, 1.807) is 7.11 Å². The van der Waals surface area contributed by atoms with Crippen LogP contribution in [0.1, 0.15) is 26.2 Å². The number of anilines is 1. The van der Waals surface area contributed by atoms with Crippen molar-refractivity contribution in [3.63, 3.8) is 0 Å². The van der Waals surface area contributed by atoms with Crippen molar-refractivity contribution in [3.05, 3.63) is 24.3 Å². The van der Waals surface area contributed by atoms with Gasteiger partial charge in [-0.05, 0) is 38.1 Å². The van der Waals surface area contributed by atoms with Crippen LogP contribution >= 0.6 is 0 Å². The van der Waals surface area contributed by atoms with Gasteiger partial charge in [0, 0.05) is 13.6 Å². The van der Waals surface area contributed by atoms with Crippen molar-refractivity contribution in [3.8, 4) is 5.75 Å². The Labute approximate surface area is 111 Å². The number of benzene rings is 1. The van der Waals surface area contributed by atoms with Crippen molar-refractivity contribution < 1.29 is 4.74 Å². The van der Waals surface area contributed by atoms with E-state index in [4.69, 9.17) is 4.74 Å². The number of nitrogens with one attached hydrogen (secondary N) is 1. The predicted molar refractivity (Wildman–Crippen MR) is 78.7 cm³/mol. The molecule has 0 bridgehead atoms. The molecule has 0 aliphatic rings. The average Bonchev–Trinajstić information content (AvgIpc) is 2.42. The largest absolute Gasteiger partial charge is 0.495 e. The van der Waals surface area contributed by atoms with Gasteiger partial charge in [-0.2, -0.15) is 0 Å². The van der Waals surface area contributed by atoms with Gasteiger partial charge in [0.1, 0.15) is 5.75 Å². The quantitative estimate of drug-likeness (QED) is 0.682. The minimum Gasteiger partial charge on any atom is -0.495 e. The normalized spacial score (nSPS) is 10.4. The monoisotopic (exact) mass is 250 g/mol. The van der Waals surface area contributed by atoms with Crippen molar-refractivity contribution in [2.45, 2.75) is 26.2 Å². The van der Waals surface area contributed by atoms with Crippen LogP contribution < -0.4 is 15.0 Å². The van der Waals surface area contributed by atoms with E-state index in [9.17, 15) is 0 Å². The first-order valence-corrected chi connectivity index (χ1v) is 6.84. The van der Waals surface area contributed by atoms with Crippen LogP contribution in [0, 0.1) is 0 Å². The Morgan fingerprint density at radius 2 is 1.94 bits per heavy atom. The smallest absolute Gasteiger partial charge is 0.142 e. The summed E-state index contributed by atoms with van der Waals surface area (Å²) in [6.45, 7) is 5.43. The maximum Gasteiger partial charge on any atom is 0.142 e. The Kier molecular flexibility index (Phi) is 7.26. The highest BCUT2D eigenvalue weighted by Crippen LogP contribution is 2.26. The van der Waals surface area contributed by atoms with Gasteiger partial charge in [0.25, 0.3) is 0 Å². The Bertz CT molecular complexity index is 328. The molecule has 0 unspecified atom stereocenters. The van der Waals surface area contributed by atoms with E-state index in [1.165, 1.54) is 24.9 Å². The number of para-hydroxylation sites is 2. The topological polar surface area (TPSA) is 24.5 Å². The van der Waals surface area contributed by atoms with Crippen LogP contribution in [-0.2, 0) is 0 Å². The zero-order chi connectivity index (χ0) is 13.2. The fourth-order valence-corrected chi connectivity index (χ4v) is 2.02. The van der Waals surface area contributed by atoms with E-state index in [2.05, 4.69) is 36.3 Å². The van der Waals surface area contributed by atoms with Gasteiger partial charge >= 0.3 is 0 Å². The first-order valence-electron chi connectivity index (χ1n) is 6.84. The minimum absolute atomic E-state index is 0.952.